The Labute approximate surface area is 140 Å². The molecule has 0 aliphatic carbocycles. The molecule has 0 spiro atoms. The number of nitrogens with zero attached hydrogens (tertiary/aromatic N) is 4. The summed E-state index contributed by atoms with van der Waals surface area (Å²) in [5, 5.41) is 8.33. The van der Waals surface area contributed by atoms with E-state index in [1.807, 2.05) is 18.2 Å². The van der Waals surface area contributed by atoms with Crippen LogP contribution in [0.3, 0.4) is 0 Å². The van der Waals surface area contributed by atoms with Crippen molar-refractivity contribution in [3.63, 3.8) is 0 Å². The van der Waals surface area contributed by atoms with E-state index >= 15 is 0 Å². The molecule has 0 radical (unpaired) electrons. The summed E-state index contributed by atoms with van der Waals surface area (Å²) < 4.78 is 6.75. The second-order valence-electron chi connectivity index (χ2n) is 5.63. The molecule has 0 fully saturated rings. The van der Waals surface area contributed by atoms with Gasteiger partial charge in [0.2, 0.25) is 0 Å². The van der Waals surface area contributed by atoms with Crippen LogP contribution in [0.25, 0.3) is 11.6 Å². The smallest absolute Gasteiger partial charge is 0.278 e. The number of benzene rings is 1. The van der Waals surface area contributed by atoms with Gasteiger partial charge in [-0.15, -0.1) is 0 Å². The van der Waals surface area contributed by atoms with Crippen LogP contribution in [0, 0.1) is 0 Å². The van der Waals surface area contributed by atoms with Crippen LogP contribution in [-0.4, -0.2) is 19.9 Å². The maximum atomic E-state index is 11.8. The number of unbranched alkanes of at least 4 members (excludes halogenated alkanes) is 1. The lowest BCUT2D eigenvalue weighted by Crippen LogP contribution is -2.22. The molecular weight excluding hydrogens is 304 g/mol. The van der Waals surface area contributed by atoms with Crippen molar-refractivity contribution in [2.75, 3.05) is 0 Å². The number of hydrogen-bond acceptors (Lipinski definition) is 5. The third-order valence-electron chi connectivity index (χ3n) is 3.76. The largest absolute Gasteiger partial charge is 0.332 e. The molecule has 0 atom stereocenters. The Balaban J connectivity index is 1.72. The van der Waals surface area contributed by atoms with Gasteiger partial charge in [0.25, 0.3) is 11.4 Å². The van der Waals surface area contributed by atoms with Gasteiger partial charge >= 0.3 is 0 Å². The SMILES string of the molecule is CCCCn1nc(-c2nc(CCc3ccccc3)no2)ccc1=O. The van der Waals surface area contributed by atoms with Crippen LogP contribution in [0.4, 0.5) is 0 Å². The summed E-state index contributed by atoms with van der Waals surface area (Å²) in [6.07, 6.45) is 3.46. The van der Waals surface area contributed by atoms with E-state index in [4.69, 9.17) is 4.52 Å². The van der Waals surface area contributed by atoms with Gasteiger partial charge < -0.3 is 4.52 Å². The van der Waals surface area contributed by atoms with E-state index in [0.29, 0.717) is 30.4 Å². The lowest BCUT2D eigenvalue weighted by molar-refractivity contribution is 0.418. The first kappa shape index (κ1) is 16.1. The van der Waals surface area contributed by atoms with Crippen molar-refractivity contribution >= 4 is 0 Å². The zero-order chi connectivity index (χ0) is 16.8. The third-order valence-corrected chi connectivity index (χ3v) is 3.76. The summed E-state index contributed by atoms with van der Waals surface area (Å²) >= 11 is 0. The maximum Gasteiger partial charge on any atom is 0.278 e. The predicted molar refractivity (Wildman–Crippen MR) is 90.5 cm³/mol. The normalized spacial score (nSPS) is 10.9. The van der Waals surface area contributed by atoms with Crippen molar-refractivity contribution in [2.45, 2.75) is 39.2 Å². The van der Waals surface area contributed by atoms with Crippen molar-refractivity contribution in [2.24, 2.45) is 0 Å². The molecule has 3 rings (SSSR count). The molecule has 0 amide bonds. The fourth-order valence-electron chi connectivity index (χ4n) is 2.39. The fraction of sp³-hybridized carbons (Fsp3) is 0.333. The van der Waals surface area contributed by atoms with Crippen molar-refractivity contribution in [3.8, 4) is 11.6 Å². The molecule has 0 unspecified atom stereocenters. The van der Waals surface area contributed by atoms with Gasteiger partial charge in [-0.25, -0.2) is 4.68 Å². The Hall–Kier alpha value is -2.76. The highest BCUT2D eigenvalue weighted by Crippen LogP contribution is 2.14. The molecule has 0 aliphatic rings. The average Bonchev–Trinajstić information content (AvgIpc) is 3.09. The Morgan fingerprint density at radius 1 is 1.08 bits per heavy atom. The van der Waals surface area contributed by atoms with Crippen molar-refractivity contribution in [3.05, 3.63) is 64.2 Å². The van der Waals surface area contributed by atoms with Crippen LogP contribution in [0.1, 0.15) is 31.2 Å². The van der Waals surface area contributed by atoms with Crippen LogP contribution in [0.2, 0.25) is 0 Å². The molecular formula is C18H20N4O2. The second-order valence-corrected chi connectivity index (χ2v) is 5.63. The Kier molecular flexibility index (Phi) is 5.15. The highest BCUT2D eigenvalue weighted by molar-refractivity contribution is 5.44. The summed E-state index contributed by atoms with van der Waals surface area (Å²) in [7, 11) is 0. The zero-order valence-electron chi connectivity index (χ0n) is 13.7. The van der Waals surface area contributed by atoms with E-state index in [1.54, 1.807) is 6.07 Å². The molecule has 3 aromatic rings. The van der Waals surface area contributed by atoms with E-state index in [0.717, 1.165) is 19.3 Å². The van der Waals surface area contributed by atoms with Gasteiger partial charge in [-0.2, -0.15) is 10.1 Å². The highest BCUT2D eigenvalue weighted by Gasteiger charge is 2.12. The minimum absolute atomic E-state index is 0.115. The van der Waals surface area contributed by atoms with Crippen LogP contribution in [0.5, 0.6) is 0 Å². The van der Waals surface area contributed by atoms with Crippen LogP contribution in [-0.2, 0) is 19.4 Å². The van der Waals surface area contributed by atoms with Gasteiger partial charge in [0.15, 0.2) is 5.82 Å². The predicted octanol–water partition coefficient (Wildman–Crippen LogP) is 2.88. The molecule has 0 N–H and O–H groups in total. The maximum absolute atomic E-state index is 11.8. The molecule has 0 bridgehead atoms. The van der Waals surface area contributed by atoms with Crippen LogP contribution >= 0.6 is 0 Å². The summed E-state index contributed by atoms with van der Waals surface area (Å²) in [5.74, 6) is 0.991. The average molecular weight is 324 g/mol. The number of aromatic nitrogens is 4. The first-order valence-electron chi connectivity index (χ1n) is 8.21. The lowest BCUT2D eigenvalue weighted by atomic mass is 10.1. The van der Waals surface area contributed by atoms with Crippen molar-refractivity contribution < 1.29 is 4.52 Å². The van der Waals surface area contributed by atoms with Gasteiger partial charge in [-0.3, -0.25) is 4.79 Å². The van der Waals surface area contributed by atoms with Gasteiger partial charge in [-0.05, 0) is 24.5 Å². The molecule has 1 aromatic carbocycles. The molecule has 6 heteroatoms. The molecule has 0 saturated carbocycles. The van der Waals surface area contributed by atoms with Crippen LogP contribution < -0.4 is 5.56 Å². The van der Waals surface area contributed by atoms with E-state index < -0.39 is 0 Å². The molecule has 2 heterocycles. The van der Waals surface area contributed by atoms with Crippen LogP contribution in [0.15, 0.2) is 51.8 Å². The minimum Gasteiger partial charge on any atom is -0.332 e. The van der Waals surface area contributed by atoms with E-state index in [1.165, 1.54) is 16.3 Å². The van der Waals surface area contributed by atoms with Gasteiger partial charge in [0.05, 0.1) is 0 Å². The summed E-state index contributed by atoms with van der Waals surface area (Å²) in [4.78, 5) is 16.2. The Morgan fingerprint density at radius 3 is 2.71 bits per heavy atom. The number of hydrogen-bond donors (Lipinski definition) is 0. The lowest BCUT2D eigenvalue weighted by Gasteiger charge is -2.03. The first-order chi connectivity index (χ1) is 11.8. The minimum atomic E-state index is -0.115. The van der Waals surface area contributed by atoms with E-state index in [9.17, 15) is 4.79 Å². The van der Waals surface area contributed by atoms with Gasteiger partial charge in [0.1, 0.15) is 5.69 Å². The third kappa shape index (κ3) is 3.95. The Morgan fingerprint density at radius 2 is 1.92 bits per heavy atom. The van der Waals surface area contributed by atoms with Gasteiger partial charge in [-0.1, -0.05) is 48.8 Å². The monoisotopic (exact) mass is 324 g/mol. The molecule has 0 aliphatic heterocycles. The first-order valence-corrected chi connectivity index (χ1v) is 8.21. The van der Waals surface area contributed by atoms with Gasteiger partial charge in [0, 0.05) is 19.0 Å². The summed E-state index contributed by atoms with van der Waals surface area (Å²) in [5.41, 5.74) is 1.65. The summed E-state index contributed by atoms with van der Waals surface area (Å²) in [6.45, 7) is 2.67. The molecule has 2 aromatic heterocycles. The van der Waals surface area contributed by atoms with E-state index in [2.05, 4.69) is 34.3 Å². The molecule has 124 valence electrons. The standard InChI is InChI=1S/C18H20N4O2/c1-2-3-13-22-17(23)12-10-15(20-22)18-19-16(21-24-18)11-9-14-7-5-4-6-8-14/h4-8,10,12H,2-3,9,11,13H2,1H3. The van der Waals surface area contributed by atoms with Crippen molar-refractivity contribution in [1.29, 1.82) is 0 Å². The molecule has 6 nitrogen and oxygen atoms in total. The molecule has 0 saturated heterocycles. The number of aryl methyl sites for hydroxylation is 3. The van der Waals surface area contributed by atoms with Crippen molar-refractivity contribution in [1.82, 2.24) is 19.9 Å². The quantitative estimate of drug-likeness (QED) is 0.668. The molecule has 24 heavy (non-hydrogen) atoms. The fourth-order valence-corrected chi connectivity index (χ4v) is 2.39. The number of rotatable bonds is 7. The highest BCUT2D eigenvalue weighted by atomic mass is 16.5. The Bertz CT molecular complexity index is 839. The second kappa shape index (κ2) is 7.68. The topological polar surface area (TPSA) is 73.8 Å². The van der Waals surface area contributed by atoms with E-state index in [-0.39, 0.29) is 5.56 Å². The zero-order valence-corrected chi connectivity index (χ0v) is 13.7. The summed E-state index contributed by atoms with van der Waals surface area (Å²) in [6, 6.07) is 13.3.